The second-order valence-electron chi connectivity index (χ2n) is 17.9. The van der Waals surface area contributed by atoms with Crippen molar-refractivity contribution in [3.63, 3.8) is 0 Å². The number of ether oxygens (including phenoxy) is 4. The fourth-order valence-electron chi connectivity index (χ4n) is 13.2. The summed E-state index contributed by atoms with van der Waals surface area (Å²) < 4.78 is 23.5. The summed E-state index contributed by atoms with van der Waals surface area (Å²) in [6.45, 7) is 19.4. The van der Waals surface area contributed by atoms with Crippen LogP contribution in [0, 0.1) is 50.7 Å². The van der Waals surface area contributed by atoms with E-state index < -0.39 is 34.6 Å². The van der Waals surface area contributed by atoms with Gasteiger partial charge < -0.3 is 24.1 Å². The standard InChI is InChI=1S/C38H60O9/c1-22(39)44-21-37(10)29-13-16-34(7)20-38(43)18-14-27-33(5,6)32(47-25(4)42)26(45-23(2)40)19-36(27,9)30(38)12-11-28(34)35(29,8)17-15-31(37)46-24(3)41/h26-32,43H,11-21H2,1-10H3/t26-,27+,28+,29-,30-,31+,32-,34+,35-,36+,37-,38+/m1/s1. The van der Waals surface area contributed by atoms with Crippen LogP contribution < -0.4 is 0 Å². The lowest BCUT2D eigenvalue weighted by Crippen LogP contribution is -2.66. The van der Waals surface area contributed by atoms with Crippen molar-refractivity contribution in [2.45, 2.75) is 157 Å². The van der Waals surface area contributed by atoms with Crippen LogP contribution in [0.25, 0.3) is 0 Å². The number of hydrogen-bond acceptors (Lipinski definition) is 9. The maximum absolute atomic E-state index is 12.9. The Kier molecular flexibility index (Phi) is 9.23. The van der Waals surface area contributed by atoms with Crippen LogP contribution in [0.5, 0.6) is 0 Å². The molecular formula is C38H60O9. The van der Waals surface area contributed by atoms with Crippen molar-refractivity contribution < 1.29 is 43.2 Å². The van der Waals surface area contributed by atoms with Crippen LogP contribution in [0.2, 0.25) is 0 Å². The molecule has 266 valence electrons. The lowest BCUT2D eigenvalue weighted by Gasteiger charge is -2.65. The molecule has 1 N–H and O–H groups in total. The van der Waals surface area contributed by atoms with Gasteiger partial charge in [-0.15, -0.1) is 0 Å². The summed E-state index contributed by atoms with van der Waals surface area (Å²) in [6, 6.07) is 0. The summed E-state index contributed by atoms with van der Waals surface area (Å²) in [5.41, 5.74) is -2.40. The lowest BCUT2D eigenvalue weighted by atomic mass is 9.41. The molecule has 5 aliphatic rings. The molecule has 0 unspecified atom stereocenters. The molecule has 0 aromatic heterocycles. The Hall–Kier alpha value is -2.16. The van der Waals surface area contributed by atoms with E-state index in [1.807, 2.05) is 0 Å². The lowest BCUT2D eigenvalue weighted by molar-refractivity contribution is -0.247. The van der Waals surface area contributed by atoms with Gasteiger partial charge in [0.15, 0.2) is 0 Å². The molecule has 0 radical (unpaired) electrons. The Morgan fingerprint density at radius 3 is 1.83 bits per heavy atom. The second kappa shape index (κ2) is 12.0. The van der Waals surface area contributed by atoms with Crippen molar-refractivity contribution in [1.29, 1.82) is 0 Å². The third-order valence-corrected chi connectivity index (χ3v) is 14.6. The minimum Gasteiger partial charge on any atom is -0.465 e. The second-order valence-corrected chi connectivity index (χ2v) is 17.9. The average Bonchev–Trinajstić information content (AvgIpc) is 3.05. The first-order valence-corrected chi connectivity index (χ1v) is 18.0. The van der Waals surface area contributed by atoms with E-state index in [-0.39, 0.29) is 64.6 Å². The zero-order valence-electron chi connectivity index (χ0n) is 30.5. The van der Waals surface area contributed by atoms with Gasteiger partial charge in [-0.25, -0.2) is 0 Å². The summed E-state index contributed by atoms with van der Waals surface area (Å²) in [5.74, 6) is -0.772. The van der Waals surface area contributed by atoms with Gasteiger partial charge in [0, 0.05) is 38.5 Å². The molecule has 12 atom stereocenters. The van der Waals surface area contributed by atoms with Gasteiger partial charge >= 0.3 is 23.9 Å². The highest BCUT2D eigenvalue weighted by molar-refractivity contribution is 5.68. The predicted molar refractivity (Wildman–Crippen MR) is 175 cm³/mol. The predicted octanol–water partition coefficient (Wildman–Crippen LogP) is 6.56. The number of carbonyl (C=O) groups excluding carboxylic acids is 4. The maximum Gasteiger partial charge on any atom is 0.303 e. The molecule has 5 saturated carbocycles. The van der Waals surface area contributed by atoms with E-state index >= 15 is 0 Å². The van der Waals surface area contributed by atoms with Crippen molar-refractivity contribution in [3.8, 4) is 0 Å². The fraction of sp³-hybridized carbons (Fsp3) is 0.895. The third kappa shape index (κ3) is 5.92. The molecule has 0 aliphatic heterocycles. The Labute approximate surface area is 281 Å². The van der Waals surface area contributed by atoms with Gasteiger partial charge in [0.1, 0.15) is 24.9 Å². The molecule has 47 heavy (non-hydrogen) atoms. The number of hydrogen-bond donors (Lipinski definition) is 1. The van der Waals surface area contributed by atoms with E-state index in [1.165, 1.54) is 27.7 Å². The first-order chi connectivity index (χ1) is 21.6. The van der Waals surface area contributed by atoms with Crippen LogP contribution >= 0.6 is 0 Å². The van der Waals surface area contributed by atoms with Crippen LogP contribution in [-0.2, 0) is 38.1 Å². The molecular weight excluding hydrogens is 600 g/mol. The van der Waals surface area contributed by atoms with Gasteiger partial charge in [-0.1, -0.05) is 41.5 Å². The molecule has 0 amide bonds. The largest absolute Gasteiger partial charge is 0.465 e. The Morgan fingerprint density at radius 1 is 0.638 bits per heavy atom. The van der Waals surface area contributed by atoms with Crippen molar-refractivity contribution in [1.82, 2.24) is 0 Å². The smallest absolute Gasteiger partial charge is 0.303 e. The number of carbonyl (C=O) groups is 4. The van der Waals surface area contributed by atoms with E-state index in [0.717, 1.165) is 38.5 Å². The molecule has 0 heterocycles. The molecule has 9 nitrogen and oxygen atoms in total. The van der Waals surface area contributed by atoms with Gasteiger partial charge in [0.2, 0.25) is 0 Å². The first kappa shape index (κ1) is 36.1. The Bertz CT molecular complexity index is 1280. The highest BCUT2D eigenvalue weighted by Gasteiger charge is 2.69. The molecule has 0 saturated heterocycles. The van der Waals surface area contributed by atoms with Crippen molar-refractivity contribution >= 4 is 23.9 Å². The molecule has 9 heteroatoms. The van der Waals surface area contributed by atoms with Crippen molar-refractivity contribution in [3.05, 3.63) is 0 Å². The molecule has 0 bridgehead atoms. The summed E-state index contributed by atoms with van der Waals surface area (Å²) in [4.78, 5) is 48.9. The minimum atomic E-state index is -0.876. The molecule has 5 aliphatic carbocycles. The maximum atomic E-state index is 12.9. The monoisotopic (exact) mass is 660 g/mol. The minimum absolute atomic E-state index is 0.0151. The summed E-state index contributed by atoms with van der Waals surface area (Å²) in [5, 5.41) is 12.9. The van der Waals surface area contributed by atoms with Crippen LogP contribution in [-0.4, -0.2) is 59.5 Å². The third-order valence-electron chi connectivity index (χ3n) is 14.6. The molecule has 0 aromatic rings. The summed E-state index contributed by atoms with van der Waals surface area (Å²) in [7, 11) is 0. The van der Waals surface area contributed by atoms with E-state index in [9.17, 15) is 24.3 Å². The van der Waals surface area contributed by atoms with Gasteiger partial charge in [-0.2, -0.15) is 0 Å². The first-order valence-electron chi connectivity index (χ1n) is 18.0. The Balaban J connectivity index is 1.51. The number of aliphatic hydroxyl groups is 1. The quantitative estimate of drug-likeness (QED) is 0.258. The number of fused-ring (bicyclic) bond motifs is 6. The van der Waals surface area contributed by atoms with Gasteiger partial charge in [-0.3, -0.25) is 19.2 Å². The van der Waals surface area contributed by atoms with E-state index in [4.69, 9.17) is 18.9 Å². The zero-order chi connectivity index (χ0) is 35.0. The van der Waals surface area contributed by atoms with Gasteiger partial charge in [-0.05, 0) is 104 Å². The van der Waals surface area contributed by atoms with Gasteiger partial charge in [0.05, 0.1) is 5.60 Å². The van der Waals surface area contributed by atoms with E-state index in [1.54, 1.807) is 0 Å². The number of rotatable bonds is 5. The van der Waals surface area contributed by atoms with Crippen molar-refractivity contribution in [2.75, 3.05) is 6.61 Å². The average molecular weight is 661 g/mol. The van der Waals surface area contributed by atoms with Crippen LogP contribution in [0.1, 0.15) is 133 Å². The zero-order valence-corrected chi connectivity index (χ0v) is 30.5. The highest BCUT2D eigenvalue weighted by atomic mass is 16.6. The fourth-order valence-corrected chi connectivity index (χ4v) is 13.2. The SMILES string of the molecule is CC(=O)OC[C@]1(C)[C@@H]2CC[C@@]3(C)C[C@@]4(O)CC[C@H]5C(C)(C)[C@H](OC(C)=O)[C@H](OC(C)=O)C[C@]5(C)[C@H]4CC[C@@H]3[C@@]2(C)CC[C@@H]1OC(C)=O. The number of esters is 4. The molecule has 0 spiro atoms. The molecule has 0 aromatic carbocycles. The van der Waals surface area contributed by atoms with Crippen LogP contribution in [0.15, 0.2) is 0 Å². The highest BCUT2D eigenvalue weighted by Crippen LogP contribution is 2.72. The van der Waals surface area contributed by atoms with Gasteiger partial charge in [0.25, 0.3) is 0 Å². The van der Waals surface area contributed by atoms with Crippen LogP contribution in [0.4, 0.5) is 0 Å². The summed E-state index contributed by atoms with van der Waals surface area (Å²) in [6.07, 6.45) is 6.53. The van der Waals surface area contributed by atoms with Crippen molar-refractivity contribution in [2.24, 2.45) is 50.7 Å². The van der Waals surface area contributed by atoms with E-state index in [2.05, 4.69) is 41.5 Å². The Morgan fingerprint density at radius 2 is 1.23 bits per heavy atom. The molecule has 5 fully saturated rings. The van der Waals surface area contributed by atoms with E-state index in [0.29, 0.717) is 31.6 Å². The van der Waals surface area contributed by atoms with Crippen LogP contribution in [0.3, 0.4) is 0 Å². The molecule has 5 rings (SSSR count). The normalized spacial score (nSPS) is 47.0. The summed E-state index contributed by atoms with van der Waals surface area (Å²) >= 11 is 0. The topological polar surface area (TPSA) is 125 Å².